The maximum Gasteiger partial charge on any atom is 0.138 e. The molecule has 1 aliphatic rings. The second-order valence-corrected chi connectivity index (χ2v) is 5.46. The van der Waals surface area contributed by atoms with Gasteiger partial charge < -0.3 is 14.8 Å². The number of rotatable bonds is 6. The monoisotopic (exact) mass is 264 g/mol. The van der Waals surface area contributed by atoms with E-state index in [9.17, 15) is 0 Å². The van der Waals surface area contributed by atoms with Crippen molar-refractivity contribution in [1.29, 1.82) is 0 Å². The van der Waals surface area contributed by atoms with Crippen LogP contribution in [-0.2, 0) is 4.74 Å². The Morgan fingerprint density at radius 1 is 1.32 bits per heavy atom. The topological polar surface area (TPSA) is 43.4 Å². The van der Waals surface area contributed by atoms with Crippen LogP contribution >= 0.6 is 0 Å². The fraction of sp³-hybridized carbons (Fsp3) is 0.667. The SMILES string of the molecule is CNC(c1cncc(OC(C)C)c1)C1(OC)CCC1. The highest BCUT2D eigenvalue weighted by Crippen LogP contribution is 2.44. The van der Waals surface area contributed by atoms with Gasteiger partial charge in [-0.1, -0.05) is 0 Å². The van der Waals surface area contributed by atoms with Gasteiger partial charge in [-0.15, -0.1) is 0 Å². The van der Waals surface area contributed by atoms with Gasteiger partial charge in [0.15, 0.2) is 0 Å². The molecule has 0 amide bonds. The minimum atomic E-state index is -0.0904. The van der Waals surface area contributed by atoms with Gasteiger partial charge in [0.1, 0.15) is 5.75 Å². The highest BCUT2D eigenvalue weighted by molar-refractivity contribution is 5.29. The summed E-state index contributed by atoms with van der Waals surface area (Å²) in [5, 5.41) is 3.37. The molecule has 0 spiro atoms. The van der Waals surface area contributed by atoms with E-state index in [1.54, 1.807) is 13.3 Å². The van der Waals surface area contributed by atoms with Crippen molar-refractivity contribution >= 4 is 0 Å². The Morgan fingerprint density at radius 3 is 2.53 bits per heavy atom. The quantitative estimate of drug-likeness (QED) is 0.858. The molecule has 1 fully saturated rings. The molecule has 0 saturated heterocycles. The van der Waals surface area contributed by atoms with Crippen molar-refractivity contribution in [3.63, 3.8) is 0 Å². The normalized spacial score (nSPS) is 19.0. The second kappa shape index (κ2) is 5.88. The summed E-state index contributed by atoms with van der Waals surface area (Å²) in [5.74, 6) is 0.818. The maximum atomic E-state index is 5.77. The molecule has 1 aromatic heterocycles. The van der Waals surface area contributed by atoms with Gasteiger partial charge in [-0.05, 0) is 51.8 Å². The predicted molar refractivity (Wildman–Crippen MR) is 75.4 cm³/mol. The van der Waals surface area contributed by atoms with Crippen LogP contribution in [0.15, 0.2) is 18.5 Å². The van der Waals surface area contributed by atoms with E-state index in [-0.39, 0.29) is 17.7 Å². The summed E-state index contributed by atoms with van der Waals surface area (Å²) in [6.45, 7) is 4.04. The summed E-state index contributed by atoms with van der Waals surface area (Å²) in [6, 6.07) is 2.22. The third-order valence-electron chi connectivity index (χ3n) is 3.86. The van der Waals surface area contributed by atoms with Gasteiger partial charge in [0.2, 0.25) is 0 Å². The molecule has 0 aliphatic heterocycles. The zero-order valence-corrected chi connectivity index (χ0v) is 12.3. The third-order valence-corrected chi connectivity index (χ3v) is 3.86. The zero-order valence-electron chi connectivity index (χ0n) is 12.3. The van der Waals surface area contributed by atoms with Gasteiger partial charge in [-0.25, -0.2) is 0 Å². The summed E-state index contributed by atoms with van der Waals surface area (Å²) in [5.41, 5.74) is 1.04. The molecule has 1 aliphatic carbocycles. The molecule has 1 saturated carbocycles. The van der Waals surface area contributed by atoms with Gasteiger partial charge in [0.05, 0.1) is 23.9 Å². The van der Waals surface area contributed by atoms with Crippen LogP contribution in [0.25, 0.3) is 0 Å². The molecule has 4 heteroatoms. The first-order valence-electron chi connectivity index (χ1n) is 6.95. The smallest absolute Gasteiger partial charge is 0.138 e. The first-order valence-corrected chi connectivity index (χ1v) is 6.95. The van der Waals surface area contributed by atoms with Crippen molar-refractivity contribution in [2.24, 2.45) is 0 Å². The molecule has 1 heterocycles. The molecule has 1 atom stereocenters. The van der Waals surface area contributed by atoms with E-state index in [1.807, 2.05) is 27.1 Å². The number of aromatic nitrogens is 1. The first-order chi connectivity index (χ1) is 9.11. The van der Waals surface area contributed by atoms with Crippen LogP contribution in [0.4, 0.5) is 0 Å². The Hall–Kier alpha value is -1.13. The summed E-state index contributed by atoms with van der Waals surface area (Å²) < 4.78 is 11.5. The van der Waals surface area contributed by atoms with Crippen LogP contribution in [0, 0.1) is 0 Å². The van der Waals surface area contributed by atoms with Crippen LogP contribution < -0.4 is 10.1 Å². The number of ether oxygens (including phenoxy) is 2. The van der Waals surface area contributed by atoms with Gasteiger partial charge in [0, 0.05) is 13.3 Å². The lowest BCUT2D eigenvalue weighted by Crippen LogP contribution is -2.49. The van der Waals surface area contributed by atoms with E-state index in [0.29, 0.717) is 0 Å². The molecular weight excluding hydrogens is 240 g/mol. The number of hydrogen-bond acceptors (Lipinski definition) is 4. The van der Waals surface area contributed by atoms with Crippen LogP contribution in [0.1, 0.15) is 44.7 Å². The molecule has 4 nitrogen and oxygen atoms in total. The Balaban J connectivity index is 2.23. The maximum absolute atomic E-state index is 5.77. The van der Waals surface area contributed by atoms with E-state index < -0.39 is 0 Å². The molecule has 1 N–H and O–H groups in total. The molecule has 19 heavy (non-hydrogen) atoms. The molecule has 1 aromatic rings. The Morgan fingerprint density at radius 2 is 2.05 bits per heavy atom. The lowest BCUT2D eigenvalue weighted by Gasteiger charge is -2.46. The summed E-state index contributed by atoms with van der Waals surface area (Å²) in [4.78, 5) is 4.29. The number of hydrogen-bond donors (Lipinski definition) is 1. The van der Waals surface area contributed by atoms with Crippen molar-refractivity contribution < 1.29 is 9.47 Å². The lowest BCUT2D eigenvalue weighted by atomic mass is 9.72. The summed E-state index contributed by atoms with van der Waals surface area (Å²) in [6.07, 6.45) is 7.21. The molecular formula is C15H24N2O2. The molecule has 0 aromatic carbocycles. The van der Waals surface area contributed by atoms with Gasteiger partial charge in [-0.2, -0.15) is 0 Å². The predicted octanol–water partition coefficient (Wildman–Crippen LogP) is 2.70. The van der Waals surface area contributed by atoms with E-state index in [4.69, 9.17) is 9.47 Å². The number of likely N-dealkylation sites (N-methyl/N-ethyl adjacent to an activating group) is 1. The van der Waals surface area contributed by atoms with Crippen molar-refractivity contribution in [2.45, 2.75) is 50.9 Å². The van der Waals surface area contributed by atoms with Crippen LogP contribution in [-0.4, -0.2) is 30.8 Å². The molecule has 1 unspecified atom stereocenters. The standard InChI is InChI=1S/C15H24N2O2/c1-11(2)19-13-8-12(9-17-10-13)14(16-3)15(18-4)6-5-7-15/h8-11,14,16H,5-7H2,1-4H3. The van der Waals surface area contributed by atoms with E-state index in [1.165, 1.54) is 6.42 Å². The number of nitrogens with one attached hydrogen (secondary N) is 1. The number of methoxy groups -OCH3 is 1. The molecule has 0 bridgehead atoms. The number of nitrogens with zero attached hydrogens (tertiary/aromatic N) is 1. The third kappa shape index (κ3) is 2.90. The first kappa shape index (κ1) is 14.3. The minimum Gasteiger partial charge on any atom is -0.489 e. The Kier molecular flexibility index (Phi) is 4.42. The van der Waals surface area contributed by atoms with Gasteiger partial charge in [0.25, 0.3) is 0 Å². The van der Waals surface area contributed by atoms with E-state index in [0.717, 1.165) is 24.2 Å². The Labute approximate surface area is 115 Å². The van der Waals surface area contributed by atoms with Crippen molar-refractivity contribution in [3.05, 3.63) is 24.0 Å². The van der Waals surface area contributed by atoms with Crippen molar-refractivity contribution in [3.8, 4) is 5.75 Å². The Bertz CT molecular complexity index is 411. The minimum absolute atomic E-state index is 0.0904. The van der Waals surface area contributed by atoms with Crippen LogP contribution in [0.2, 0.25) is 0 Å². The van der Waals surface area contributed by atoms with Crippen LogP contribution in [0.3, 0.4) is 0 Å². The van der Waals surface area contributed by atoms with Crippen molar-refractivity contribution in [1.82, 2.24) is 10.3 Å². The second-order valence-electron chi connectivity index (χ2n) is 5.46. The van der Waals surface area contributed by atoms with Gasteiger partial charge in [-0.3, -0.25) is 4.98 Å². The van der Waals surface area contributed by atoms with Crippen molar-refractivity contribution in [2.75, 3.05) is 14.2 Å². The van der Waals surface area contributed by atoms with Gasteiger partial charge >= 0.3 is 0 Å². The lowest BCUT2D eigenvalue weighted by molar-refractivity contribution is -0.0984. The molecule has 106 valence electrons. The van der Waals surface area contributed by atoms with Crippen LogP contribution in [0.5, 0.6) is 5.75 Å². The fourth-order valence-electron chi connectivity index (χ4n) is 2.80. The van der Waals surface area contributed by atoms with E-state index >= 15 is 0 Å². The molecule has 0 radical (unpaired) electrons. The summed E-state index contributed by atoms with van der Waals surface area (Å²) in [7, 11) is 3.77. The largest absolute Gasteiger partial charge is 0.489 e. The fourth-order valence-corrected chi connectivity index (χ4v) is 2.80. The highest BCUT2D eigenvalue weighted by atomic mass is 16.5. The summed E-state index contributed by atoms with van der Waals surface area (Å²) >= 11 is 0. The molecule has 2 rings (SSSR count). The van der Waals surface area contributed by atoms with E-state index in [2.05, 4.69) is 16.4 Å². The number of pyridine rings is 1. The highest BCUT2D eigenvalue weighted by Gasteiger charge is 2.44. The zero-order chi connectivity index (χ0) is 13.9. The average molecular weight is 264 g/mol. The average Bonchev–Trinajstić information content (AvgIpc) is 2.33.